The number of unbranched alkanes of at least 4 members (excludes halogenated alkanes) is 2. The highest BCUT2D eigenvalue weighted by Gasteiger charge is 2.39. The van der Waals surface area contributed by atoms with Crippen LogP contribution < -0.4 is 5.32 Å². The highest BCUT2D eigenvalue weighted by atomic mass is 16.9. The molecule has 0 radical (unpaired) electrons. The Morgan fingerprint density at radius 2 is 1.90 bits per heavy atom. The molecule has 5 atom stereocenters. The molecule has 1 aliphatic rings. The van der Waals surface area contributed by atoms with E-state index in [-0.39, 0.29) is 37.2 Å². The third-order valence-corrected chi connectivity index (χ3v) is 7.00. The number of hydrogen-bond acceptors (Lipinski definition) is 8. The predicted molar refractivity (Wildman–Crippen MR) is 150 cm³/mol. The van der Waals surface area contributed by atoms with Crippen LogP contribution in [0, 0.1) is 22.0 Å². The second-order valence-electron chi connectivity index (χ2n) is 10.1. The average molecular weight is 561 g/mol. The van der Waals surface area contributed by atoms with Crippen molar-refractivity contribution in [3.8, 4) is 0 Å². The molecule has 1 amide bonds. The number of amides is 1. The molecule has 1 unspecified atom stereocenters. The Hall–Kier alpha value is -3.24. The largest absolute Gasteiger partial charge is 0.458 e. The molecule has 1 aromatic rings. The van der Waals surface area contributed by atoms with Crippen LogP contribution in [0.2, 0.25) is 0 Å². The highest BCUT2D eigenvalue weighted by Crippen LogP contribution is 2.36. The van der Waals surface area contributed by atoms with Gasteiger partial charge in [-0.2, -0.15) is 0 Å². The molecule has 10 heteroatoms. The Labute approximate surface area is 236 Å². The number of nitrogens with one attached hydrogen (secondary N) is 1. The topological polar surface area (TPSA) is 148 Å². The lowest BCUT2D eigenvalue weighted by molar-refractivity contribution is -0.757. The fraction of sp³-hybridized carbons (Fsp3) is 0.600. The molecule has 0 aliphatic heterocycles. The number of aliphatic hydroxyl groups is 2. The van der Waals surface area contributed by atoms with Crippen molar-refractivity contribution in [2.75, 3.05) is 13.2 Å². The molecule has 3 N–H and O–H groups in total. The third kappa shape index (κ3) is 13.2. The number of ether oxygens (including phenoxy) is 1. The van der Waals surface area contributed by atoms with Crippen LogP contribution in [-0.2, 0) is 25.6 Å². The van der Waals surface area contributed by atoms with Crippen LogP contribution in [0.25, 0.3) is 0 Å². The van der Waals surface area contributed by atoms with Gasteiger partial charge in [0.1, 0.15) is 6.10 Å². The van der Waals surface area contributed by atoms with Crippen LogP contribution >= 0.6 is 0 Å². The number of benzene rings is 1. The standard InChI is InChI=1S/C30H44N2O8/c1-2-31-29(35)15-9-4-3-8-14-25-26(28(34)22-27(25)33)20-19-24(18-17-23-12-6-5-7-13-23)40-30(36)16-10-11-21-39-32(37)38/h3,5-8,12-13,19-20,24-28,33-34H,2,4,9-11,14-18,21-22H2,1H3,(H,31,35)/t24?,25-,26-,27+,28-/m1/s1. The fourth-order valence-electron chi connectivity index (χ4n) is 4.88. The van der Waals surface area contributed by atoms with Crippen LogP contribution in [0.15, 0.2) is 54.6 Å². The zero-order valence-electron chi connectivity index (χ0n) is 23.4. The molecule has 1 aromatic carbocycles. The van der Waals surface area contributed by atoms with Crippen molar-refractivity contribution < 1.29 is 34.5 Å². The number of aliphatic hydroxyl groups excluding tert-OH is 2. The van der Waals surface area contributed by atoms with Crippen molar-refractivity contribution in [1.82, 2.24) is 5.32 Å². The summed E-state index contributed by atoms with van der Waals surface area (Å²) in [5.74, 6) is -0.810. The van der Waals surface area contributed by atoms with Gasteiger partial charge in [0.2, 0.25) is 5.91 Å². The summed E-state index contributed by atoms with van der Waals surface area (Å²) in [7, 11) is 0. The maximum atomic E-state index is 12.5. The first-order valence-electron chi connectivity index (χ1n) is 14.3. The minimum atomic E-state index is -0.852. The molecule has 1 aliphatic carbocycles. The van der Waals surface area contributed by atoms with Gasteiger partial charge in [0.05, 0.1) is 18.8 Å². The van der Waals surface area contributed by atoms with Gasteiger partial charge in [-0.25, -0.2) is 0 Å². The number of aryl methyl sites for hydroxylation is 1. The molecular weight excluding hydrogens is 516 g/mol. The Morgan fingerprint density at radius 3 is 2.62 bits per heavy atom. The molecule has 0 heterocycles. The minimum absolute atomic E-state index is 0.0433. The molecule has 0 aromatic heterocycles. The summed E-state index contributed by atoms with van der Waals surface area (Å²) in [6, 6.07) is 9.86. The minimum Gasteiger partial charge on any atom is -0.458 e. The van der Waals surface area contributed by atoms with Gasteiger partial charge in [-0.05, 0) is 69.4 Å². The van der Waals surface area contributed by atoms with Gasteiger partial charge in [-0.15, -0.1) is 10.1 Å². The summed E-state index contributed by atoms with van der Waals surface area (Å²) in [6.45, 7) is 2.45. The van der Waals surface area contributed by atoms with E-state index >= 15 is 0 Å². The van der Waals surface area contributed by atoms with Crippen LogP contribution in [0.4, 0.5) is 0 Å². The van der Waals surface area contributed by atoms with E-state index in [1.165, 1.54) is 0 Å². The number of allylic oxidation sites excluding steroid dienone is 2. The highest BCUT2D eigenvalue weighted by molar-refractivity contribution is 5.75. The zero-order valence-corrected chi connectivity index (χ0v) is 23.4. The maximum absolute atomic E-state index is 12.5. The van der Waals surface area contributed by atoms with E-state index in [0.29, 0.717) is 45.1 Å². The number of carbonyl (C=O) groups is 2. The number of hydrogen-bond donors (Lipinski definition) is 3. The summed E-state index contributed by atoms with van der Waals surface area (Å²) in [5.41, 5.74) is 1.11. The van der Waals surface area contributed by atoms with E-state index in [4.69, 9.17) is 4.74 Å². The lowest BCUT2D eigenvalue weighted by atomic mass is 9.89. The van der Waals surface area contributed by atoms with Gasteiger partial charge in [-0.3, -0.25) is 9.59 Å². The van der Waals surface area contributed by atoms with E-state index in [2.05, 4.69) is 10.2 Å². The van der Waals surface area contributed by atoms with Crippen LogP contribution in [0.5, 0.6) is 0 Å². The van der Waals surface area contributed by atoms with Crippen LogP contribution in [-0.4, -0.2) is 58.6 Å². The molecule has 0 bridgehead atoms. The first-order chi connectivity index (χ1) is 19.3. The molecule has 0 spiro atoms. The van der Waals surface area contributed by atoms with E-state index in [1.54, 1.807) is 0 Å². The van der Waals surface area contributed by atoms with Crippen LogP contribution in [0.1, 0.15) is 70.3 Å². The Bertz CT molecular complexity index is 952. The lowest BCUT2D eigenvalue weighted by Crippen LogP contribution is -2.22. The molecule has 1 fully saturated rings. The van der Waals surface area contributed by atoms with E-state index in [1.807, 2.05) is 61.6 Å². The van der Waals surface area contributed by atoms with Crippen molar-refractivity contribution >= 4 is 11.9 Å². The van der Waals surface area contributed by atoms with Crippen molar-refractivity contribution in [1.29, 1.82) is 0 Å². The van der Waals surface area contributed by atoms with Gasteiger partial charge in [0.25, 0.3) is 5.09 Å². The zero-order chi connectivity index (χ0) is 29.2. The summed E-state index contributed by atoms with van der Waals surface area (Å²) >= 11 is 0. The van der Waals surface area contributed by atoms with Gasteiger partial charge in [0.15, 0.2) is 0 Å². The Kier molecular flexibility index (Phi) is 15.6. The molecule has 10 nitrogen and oxygen atoms in total. The monoisotopic (exact) mass is 560 g/mol. The predicted octanol–water partition coefficient (Wildman–Crippen LogP) is 4.08. The maximum Gasteiger partial charge on any atom is 0.306 e. The summed E-state index contributed by atoms with van der Waals surface area (Å²) in [6.07, 6.45) is 10.8. The molecule has 40 heavy (non-hydrogen) atoms. The number of rotatable bonds is 19. The van der Waals surface area contributed by atoms with E-state index in [0.717, 1.165) is 18.4 Å². The molecule has 2 rings (SSSR count). The van der Waals surface area contributed by atoms with Crippen molar-refractivity contribution in [2.45, 2.75) is 89.4 Å². The van der Waals surface area contributed by atoms with Crippen molar-refractivity contribution in [2.24, 2.45) is 11.8 Å². The van der Waals surface area contributed by atoms with Crippen molar-refractivity contribution in [3.63, 3.8) is 0 Å². The summed E-state index contributed by atoms with van der Waals surface area (Å²) in [4.78, 5) is 38.6. The third-order valence-electron chi connectivity index (χ3n) is 7.00. The Balaban J connectivity index is 1.95. The lowest BCUT2D eigenvalue weighted by Gasteiger charge is -2.21. The first kappa shape index (κ1) is 33.0. The second-order valence-corrected chi connectivity index (χ2v) is 10.1. The number of nitrogens with zero attached hydrogens (tertiary/aromatic N) is 1. The summed E-state index contributed by atoms with van der Waals surface area (Å²) < 4.78 is 5.73. The van der Waals surface area contributed by atoms with Gasteiger partial charge < -0.3 is 25.1 Å². The quantitative estimate of drug-likeness (QED) is 0.0754. The molecule has 0 saturated heterocycles. The molecule has 1 saturated carbocycles. The van der Waals surface area contributed by atoms with Gasteiger partial charge in [-0.1, -0.05) is 48.6 Å². The van der Waals surface area contributed by atoms with Gasteiger partial charge in [0, 0.05) is 31.7 Å². The van der Waals surface area contributed by atoms with E-state index < -0.39 is 29.4 Å². The number of esters is 1. The number of carbonyl (C=O) groups excluding carboxylic acids is 2. The Morgan fingerprint density at radius 1 is 1.12 bits per heavy atom. The van der Waals surface area contributed by atoms with Crippen molar-refractivity contribution in [3.05, 3.63) is 70.3 Å². The normalized spacial score (nSPS) is 21.5. The second kappa shape index (κ2) is 18.9. The van der Waals surface area contributed by atoms with Crippen LogP contribution in [0.3, 0.4) is 0 Å². The first-order valence-corrected chi connectivity index (χ1v) is 14.3. The van der Waals surface area contributed by atoms with E-state index in [9.17, 15) is 29.9 Å². The van der Waals surface area contributed by atoms with Gasteiger partial charge >= 0.3 is 5.97 Å². The molecule has 222 valence electrons. The average Bonchev–Trinajstić information content (AvgIpc) is 3.19. The molecular formula is C30H44N2O8. The SMILES string of the molecule is CCNC(=O)CCCC=CC[C@@H]1[C@@H](C=CC(CCc2ccccc2)OC(=O)CCCCO[N+](=O)[O-])[C@H](O)C[C@@H]1O. The summed E-state index contributed by atoms with van der Waals surface area (Å²) in [5, 5.41) is 33.4. The fourth-order valence-corrected chi connectivity index (χ4v) is 4.88. The smallest absolute Gasteiger partial charge is 0.306 e.